The van der Waals surface area contributed by atoms with Crippen molar-refractivity contribution in [3.63, 3.8) is 0 Å². The number of hydrogen-bond acceptors (Lipinski definition) is 0. The maximum atomic E-state index is 3.71. The van der Waals surface area contributed by atoms with E-state index in [1.54, 1.807) is 0 Å². The van der Waals surface area contributed by atoms with Gasteiger partial charge in [-0.2, -0.15) is 0 Å². The minimum atomic E-state index is 0. The molecule has 0 rings (SSSR count). The van der Waals surface area contributed by atoms with E-state index in [4.69, 9.17) is 0 Å². The Morgan fingerprint density at radius 3 is 1.85 bits per heavy atom. The fourth-order valence-electron chi connectivity index (χ4n) is 1.27. The Kier molecular flexibility index (Phi) is 19.5. The van der Waals surface area contributed by atoms with Crippen molar-refractivity contribution in [3.05, 3.63) is 12.7 Å². The summed E-state index contributed by atoms with van der Waals surface area (Å²) in [4.78, 5) is 0. The molecule has 0 bridgehead atoms. The second-order valence-electron chi connectivity index (χ2n) is 3.24. The van der Waals surface area contributed by atoms with Gasteiger partial charge in [0, 0.05) is 5.33 Å². The van der Waals surface area contributed by atoms with Crippen LogP contribution in [0.25, 0.3) is 0 Å². The monoisotopic (exact) mass is 258 g/mol. The van der Waals surface area contributed by atoms with E-state index >= 15 is 0 Å². The average Bonchev–Trinajstić information content (AvgIpc) is 2.10. The summed E-state index contributed by atoms with van der Waals surface area (Å²) < 4.78 is 0. The van der Waals surface area contributed by atoms with Gasteiger partial charge in [-0.3, -0.25) is 0 Å². The molecule has 0 radical (unpaired) electrons. The van der Waals surface area contributed by atoms with E-state index in [0.717, 1.165) is 0 Å². The molecule has 0 amide bonds. The van der Waals surface area contributed by atoms with Crippen molar-refractivity contribution < 1.29 is 2.85 Å². The number of unbranched alkanes of at least 4 members (excludes halogenated alkanes) is 7. The van der Waals surface area contributed by atoms with Gasteiger partial charge in [0.05, 0.1) is 0 Å². The zero-order valence-corrected chi connectivity index (χ0v) is 11.7. The molecule has 13 heavy (non-hydrogen) atoms. The van der Waals surface area contributed by atoms with Crippen LogP contribution in [-0.2, 0) is 0 Å². The molecule has 0 aliphatic heterocycles. The summed E-state index contributed by atoms with van der Waals surface area (Å²) >= 11 is 3.44. The quantitative estimate of drug-likeness (QED) is 0.247. The Balaban J connectivity index is -0.000000202. The van der Waals surface area contributed by atoms with Crippen LogP contribution in [0.5, 0.6) is 0 Å². The minimum Gasteiger partial charge on any atom is -1.00 e. The van der Waals surface area contributed by atoms with Gasteiger partial charge in [-0.05, 0) is 19.3 Å². The molecule has 76 valence electrons. The van der Waals surface area contributed by atoms with Crippen LogP contribution in [0.2, 0.25) is 0 Å². The molecule has 0 aliphatic rings. The normalized spacial score (nSPS) is 9.31. The van der Waals surface area contributed by atoms with Gasteiger partial charge in [0.2, 0.25) is 0 Å². The Hall–Kier alpha value is 0.986. The first-order valence-corrected chi connectivity index (χ1v) is 6.21. The predicted molar refractivity (Wildman–Crippen MR) is 68.9 cm³/mol. The topological polar surface area (TPSA) is 0 Å². The summed E-state index contributed by atoms with van der Waals surface area (Å²) in [6.07, 6.45) is 12.9. The average molecular weight is 260 g/mol. The Bertz CT molecular complexity index is 103. The Labute approximate surface area is 111 Å². The molecule has 0 aliphatic carbocycles. The molecule has 0 fully saturated rings. The van der Waals surface area contributed by atoms with Gasteiger partial charge in [0.25, 0.3) is 0 Å². The van der Waals surface area contributed by atoms with Crippen LogP contribution in [0.1, 0.15) is 54.2 Å². The molecule has 0 nitrogen and oxygen atoms in total. The smallest absolute Gasteiger partial charge is 1.00 e. The van der Waals surface area contributed by atoms with Crippen molar-refractivity contribution >= 4 is 39.0 Å². The van der Waals surface area contributed by atoms with Crippen LogP contribution in [-0.4, -0.2) is 28.4 Å². The zero-order valence-electron chi connectivity index (χ0n) is 10.7. The van der Waals surface area contributed by atoms with Crippen molar-refractivity contribution in [2.24, 2.45) is 0 Å². The molecule has 0 saturated heterocycles. The van der Waals surface area contributed by atoms with Crippen molar-refractivity contribution in [3.8, 4) is 0 Å². The Morgan fingerprint density at radius 2 is 1.38 bits per heavy atom. The maximum Gasteiger partial charge on any atom is 2.00 e. The van der Waals surface area contributed by atoms with Crippen LogP contribution in [0.4, 0.5) is 0 Å². The third-order valence-electron chi connectivity index (χ3n) is 2.04. The van der Waals surface area contributed by atoms with E-state index in [0.29, 0.717) is 0 Å². The second-order valence-corrected chi connectivity index (χ2v) is 4.03. The standard InChI is InChI=1S/C11H21Br.Mg.2H/c1-2-3-4-5-6-7-8-9-10-11-12;;;/h2H,1,3-11H2;;;/q;+2;2*-1. The van der Waals surface area contributed by atoms with Crippen molar-refractivity contribution in [1.82, 2.24) is 0 Å². The largest absolute Gasteiger partial charge is 2.00 e. The van der Waals surface area contributed by atoms with Crippen molar-refractivity contribution in [1.29, 1.82) is 0 Å². The SMILES string of the molecule is C=CCCCCCCCCCBr.[H-].[H-].[Mg+2]. The number of rotatable bonds is 9. The molecule has 0 N–H and O–H groups in total. The van der Waals surface area contributed by atoms with Gasteiger partial charge in [0.15, 0.2) is 0 Å². The molecular weight excluding hydrogens is 236 g/mol. The van der Waals surface area contributed by atoms with Gasteiger partial charge < -0.3 is 2.85 Å². The van der Waals surface area contributed by atoms with Gasteiger partial charge in [-0.25, -0.2) is 0 Å². The molecular formula is C11H23BrMg. The number of alkyl halides is 1. The molecule has 0 saturated carbocycles. The van der Waals surface area contributed by atoms with E-state index in [2.05, 4.69) is 22.5 Å². The van der Waals surface area contributed by atoms with Crippen LogP contribution in [0.3, 0.4) is 0 Å². The first-order chi connectivity index (χ1) is 5.91. The molecule has 0 aromatic rings. The fraction of sp³-hybridized carbons (Fsp3) is 0.818. The van der Waals surface area contributed by atoms with Gasteiger partial charge >= 0.3 is 23.1 Å². The molecule has 0 aromatic carbocycles. The fourth-order valence-corrected chi connectivity index (χ4v) is 1.66. The summed E-state index contributed by atoms with van der Waals surface area (Å²) in [6.45, 7) is 3.71. The molecule has 2 heteroatoms. The third-order valence-corrected chi connectivity index (χ3v) is 2.60. The molecule has 0 heterocycles. The second kappa shape index (κ2) is 15.5. The summed E-state index contributed by atoms with van der Waals surface area (Å²) in [6, 6.07) is 0. The van der Waals surface area contributed by atoms with Crippen LogP contribution < -0.4 is 0 Å². The summed E-state index contributed by atoms with van der Waals surface area (Å²) in [7, 11) is 0. The first-order valence-electron chi connectivity index (χ1n) is 5.08. The van der Waals surface area contributed by atoms with Gasteiger partial charge in [-0.1, -0.05) is 54.1 Å². The molecule has 0 aromatic heterocycles. The first kappa shape index (κ1) is 16.4. The number of allylic oxidation sites excluding steroid dienone is 1. The van der Waals surface area contributed by atoms with Crippen LogP contribution in [0, 0.1) is 0 Å². The van der Waals surface area contributed by atoms with Gasteiger partial charge in [0.1, 0.15) is 0 Å². The number of hydrogen-bond donors (Lipinski definition) is 0. The molecule has 0 spiro atoms. The summed E-state index contributed by atoms with van der Waals surface area (Å²) in [5, 5.41) is 1.17. The third kappa shape index (κ3) is 15.7. The Morgan fingerprint density at radius 1 is 0.923 bits per heavy atom. The van der Waals surface area contributed by atoms with Gasteiger partial charge in [-0.15, -0.1) is 6.58 Å². The van der Waals surface area contributed by atoms with E-state index in [9.17, 15) is 0 Å². The summed E-state index contributed by atoms with van der Waals surface area (Å²) in [5.41, 5.74) is 0. The minimum absolute atomic E-state index is 0. The number of halogens is 1. The molecule has 0 atom stereocenters. The van der Waals surface area contributed by atoms with Crippen molar-refractivity contribution in [2.75, 3.05) is 5.33 Å². The maximum absolute atomic E-state index is 3.71. The van der Waals surface area contributed by atoms with E-state index < -0.39 is 0 Å². The molecule has 0 unspecified atom stereocenters. The van der Waals surface area contributed by atoms with E-state index in [1.165, 1.54) is 56.7 Å². The van der Waals surface area contributed by atoms with Crippen LogP contribution in [0.15, 0.2) is 12.7 Å². The van der Waals surface area contributed by atoms with E-state index in [1.807, 2.05) is 6.08 Å². The summed E-state index contributed by atoms with van der Waals surface area (Å²) in [5.74, 6) is 0. The van der Waals surface area contributed by atoms with E-state index in [-0.39, 0.29) is 25.9 Å². The predicted octanol–water partition coefficient (Wildman–Crippen LogP) is 4.53. The van der Waals surface area contributed by atoms with Crippen LogP contribution >= 0.6 is 15.9 Å². The van der Waals surface area contributed by atoms with Crippen molar-refractivity contribution in [2.45, 2.75) is 51.4 Å². The zero-order chi connectivity index (χ0) is 9.07.